The summed E-state index contributed by atoms with van der Waals surface area (Å²) in [5.74, 6) is 0. The van der Waals surface area contributed by atoms with Crippen LogP contribution in [0.15, 0.2) is 0 Å². The first kappa shape index (κ1) is 22.8. The quantitative estimate of drug-likeness (QED) is 0.663. The summed E-state index contributed by atoms with van der Waals surface area (Å²) in [4.78, 5) is 0. The van der Waals surface area contributed by atoms with Crippen molar-refractivity contribution in [2.75, 3.05) is 6.61 Å². The zero-order chi connectivity index (χ0) is 4.12. The third-order valence-corrected chi connectivity index (χ3v) is 0.512. The summed E-state index contributed by atoms with van der Waals surface area (Å²) in [6.45, 7) is 2.40. The van der Waals surface area contributed by atoms with Crippen molar-refractivity contribution in [3.8, 4) is 0 Å². The van der Waals surface area contributed by atoms with Crippen LogP contribution in [-0.2, 0) is 21.7 Å². The van der Waals surface area contributed by atoms with Gasteiger partial charge in [-0.3, -0.25) is 0 Å². The monoisotopic (exact) mass is 194 g/mol. The van der Waals surface area contributed by atoms with Gasteiger partial charge in [0.2, 0.25) is 0 Å². The molecule has 0 unspecified atom stereocenters. The number of rotatable bonds is 2. The number of hydrogen-bond acceptors (Lipinski definition) is 1. The second kappa shape index (κ2) is 24.0. The van der Waals surface area contributed by atoms with Gasteiger partial charge in [0.15, 0.2) is 0 Å². The molecule has 0 aliphatic carbocycles. The van der Waals surface area contributed by atoms with Gasteiger partial charge in [-0.1, -0.05) is 13.3 Å². The predicted molar refractivity (Wildman–Crippen MR) is 36.5 cm³/mol. The summed E-state index contributed by atoms with van der Waals surface area (Å²) in [6, 6.07) is 0. The molecule has 1 nitrogen and oxygen atoms in total. The Labute approximate surface area is 77.9 Å². The van der Waals surface area contributed by atoms with E-state index in [9.17, 15) is 0 Å². The third-order valence-electron chi connectivity index (χ3n) is 0.512. The van der Waals surface area contributed by atoms with Crippen molar-refractivity contribution in [1.82, 2.24) is 0 Å². The molecule has 0 bridgehead atoms. The Morgan fingerprint density at radius 1 is 1.25 bits per heavy atom. The van der Waals surface area contributed by atoms with Crippen LogP contribution >= 0.6 is 24.8 Å². The molecule has 0 aromatic carbocycles. The number of unbranched alkanes of at least 4 members (excludes halogenated alkanes) is 1. The molecule has 1 N–H and O–H groups in total. The van der Waals surface area contributed by atoms with Gasteiger partial charge in [-0.2, -0.15) is 0 Å². The number of aliphatic hydroxyl groups excluding tert-OH is 1. The van der Waals surface area contributed by atoms with Crippen LogP contribution in [-0.4, -0.2) is 11.7 Å². The zero-order valence-electron chi connectivity index (χ0n) is 4.89. The van der Waals surface area contributed by atoms with Gasteiger partial charge in [0.1, 0.15) is 0 Å². The first-order valence-corrected chi connectivity index (χ1v) is 2.02. The second-order valence-corrected chi connectivity index (χ2v) is 1.08. The van der Waals surface area contributed by atoms with Crippen LogP contribution in [0.2, 0.25) is 0 Å². The first-order valence-electron chi connectivity index (χ1n) is 2.02. The molecule has 0 aromatic heterocycles. The van der Waals surface area contributed by atoms with E-state index in [0.717, 1.165) is 12.8 Å². The van der Waals surface area contributed by atoms with Crippen LogP contribution < -0.4 is 0 Å². The topological polar surface area (TPSA) is 20.2 Å². The molecule has 0 aliphatic heterocycles. The van der Waals surface area contributed by atoms with Crippen LogP contribution in [0.5, 0.6) is 0 Å². The Bertz CT molecular complexity index is 21.5. The summed E-state index contributed by atoms with van der Waals surface area (Å²) in [5, 5.41) is 8.07. The van der Waals surface area contributed by atoms with E-state index in [-0.39, 0.29) is 46.5 Å². The van der Waals surface area contributed by atoms with Gasteiger partial charge >= 0.3 is 0 Å². The van der Waals surface area contributed by atoms with Gasteiger partial charge in [0.05, 0.1) is 0 Å². The zero-order valence-corrected chi connectivity index (χ0v) is 8.08. The molecular weight excluding hydrogens is 183 g/mol. The summed E-state index contributed by atoms with van der Waals surface area (Å²) in [7, 11) is 0. The number of hydrogen-bond donors (Lipinski definition) is 1. The van der Waals surface area contributed by atoms with E-state index in [4.69, 9.17) is 5.11 Å². The van der Waals surface area contributed by atoms with E-state index in [1.807, 2.05) is 0 Å². The molecule has 0 spiro atoms. The van der Waals surface area contributed by atoms with Gasteiger partial charge in [-0.15, -0.1) is 24.8 Å². The molecule has 0 heterocycles. The van der Waals surface area contributed by atoms with Crippen molar-refractivity contribution in [3.63, 3.8) is 0 Å². The Morgan fingerprint density at radius 3 is 1.62 bits per heavy atom. The standard InChI is InChI=1S/C4H10O.2ClH.Ti/c1-2-3-4-5;;;/h5H,2-4H2,1H3;2*1H;. The molecule has 0 aromatic rings. The van der Waals surface area contributed by atoms with Gasteiger partial charge in [-0.25, -0.2) is 0 Å². The molecule has 0 rings (SSSR count). The Balaban J connectivity index is -0.0000000267. The predicted octanol–water partition coefficient (Wildman–Crippen LogP) is 1.62. The molecule has 0 saturated heterocycles. The van der Waals surface area contributed by atoms with Crippen molar-refractivity contribution in [2.24, 2.45) is 0 Å². The molecule has 0 atom stereocenters. The van der Waals surface area contributed by atoms with Crippen LogP contribution in [0.25, 0.3) is 0 Å². The van der Waals surface area contributed by atoms with Crippen LogP contribution in [0.4, 0.5) is 0 Å². The molecule has 0 fully saturated rings. The first-order chi connectivity index (χ1) is 2.41. The fraction of sp³-hybridized carbons (Fsp3) is 1.00. The normalized spacial score (nSPS) is 5.25. The molecule has 0 saturated carbocycles. The molecule has 8 heavy (non-hydrogen) atoms. The average Bonchev–Trinajstić information content (AvgIpc) is 1.41. The summed E-state index contributed by atoms with van der Waals surface area (Å²) < 4.78 is 0. The van der Waals surface area contributed by atoms with Crippen molar-refractivity contribution < 1.29 is 26.8 Å². The molecule has 0 aliphatic rings. The Hall–Kier alpha value is 1.25. The largest absolute Gasteiger partial charge is 0.396 e. The maximum atomic E-state index is 8.07. The summed E-state index contributed by atoms with van der Waals surface area (Å²) in [5.41, 5.74) is 0. The minimum absolute atomic E-state index is 0. The van der Waals surface area contributed by atoms with Crippen molar-refractivity contribution in [2.45, 2.75) is 19.8 Å². The Morgan fingerprint density at radius 2 is 1.62 bits per heavy atom. The summed E-state index contributed by atoms with van der Waals surface area (Å²) in [6.07, 6.45) is 2.04. The van der Waals surface area contributed by atoms with Gasteiger partial charge in [0, 0.05) is 28.3 Å². The van der Waals surface area contributed by atoms with Gasteiger partial charge in [-0.05, 0) is 6.42 Å². The van der Waals surface area contributed by atoms with E-state index in [2.05, 4.69) is 6.92 Å². The molecule has 0 radical (unpaired) electrons. The Kier molecular flexibility index (Phi) is 68.5. The van der Waals surface area contributed by atoms with Crippen LogP contribution in [0.1, 0.15) is 19.8 Å². The van der Waals surface area contributed by atoms with Crippen molar-refractivity contribution >= 4 is 24.8 Å². The third kappa shape index (κ3) is 26.8. The summed E-state index contributed by atoms with van der Waals surface area (Å²) >= 11 is 0. The van der Waals surface area contributed by atoms with Crippen molar-refractivity contribution in [3.05, 3.63) is 0 Å². The van der Waals surface area contributed by atoms with E-state index in [1.54, 1.807) is 0 Å². The fourth-order valence-corrected chi connectivity index (χ4v) is 0.158. The van der Waals surface area contributed by atoms with E-state index >= 15 is 0 Å². The van der Waals surface area contributed by atoms with E-state index < -0.39 is 0 Å². The maximum Gasteiger partial charge on any atom is 0.0430 e. The molecule has 52 valence electrons. The van der Waals surface area contributed by atoms with Crippen LogP contribution in [0, 0.1) is 0 Å². The van der Waals surface area contributed by atoms with Crippen LogP contribution in [0.3, 0.4) is 0 Å². The second-order valence-electron chi connectivity index (χ2n) is 1.08. The smallest absolute Gasteiger partial charge is 0.0430 e. The fourth-order valence-electron chi connectivity index (χ4n) is 0.158. The molecule has 0 amide bonds. The van der Waals surface area contributed by atoms with Gasteiger partial charge < -0.3 is 5.11 Å². The number of halogens is 2. The maximum absolute atomic E-state index is 8.07. The minimum atomic E-state index is 0. The van der Waals surface area contributed by atoms with E-state index in [1.165, 1.54) is 0 Å². The SMILES string of the molecule is CCCCO.Cl.Cl.[Ti]. The molecule has 4 heteroatoms. The average molecular weight is 195 g/mol. The molecular formula is C4H12Cl2OTi. The van der Waals surface area contributed by atoms with E-state index in [0.29, 0.717) is 6.61 Å². The number of aliphatic hydroxyl groups is 1. The van der Waals surface area contributed by atoms with Crippen molar-refractivity contribution in [1.29, 1.82) is 0 Å². The minimum Gasteiger partial charge on any atom is -0.396 e. The van der Waals surface area contributed by atoms with Gasteiger partial charge in [0.25, 0.3) is 0 Å².